The Bertz CT molecular complexity index is 821. The summed E-state index contributed by atoms with van der Waals surface area (Å²) in [5.41, 5.74) is 1.98. The van der Waals surface area contributed by atoms with Gasteiger partial charge in [-0.1, -0.05) is 36.4 Å². The molecule has 0 fully saturated rings. The van der Waals surface area contributed by atoms with Crippen molar-refractivity contribution in [3.05, 3.63) is 85.5 Å². The van der Waals surface area contributed by atoms with Crippen LogP contribution in [0.1, 0.15) is 0 Å². The van der Waals surface area contributed by atoms with Crippen molar-refractivity contribution in [3.8, 4) is 22.9 Å². The molecule has 5 heteroatoms. The Hall–Kier alpha value is -3.34. The predicted octanol–water partition coefficient (Wildman–Crippen LogP) is 3.85. The number of aromatic nitrogens is 4. The topological polar surface area (TPSA) is 44.9 Å². The zero-order valence-electron chi connectivity index (χ0n) is 12.3. The normalized spacial score (nSPS) is 10.6. The molecule has 0 bridgehead atoms. The Balaban J connectivity index is 1.53. The number of hydrogen-bond donors (Lipinski definition) is 0. The summed E-state index contributed by atoms with van der Waals surface area (Å²) >= 11 is 0. The maximum Gasteiger partial charge on any atom is 0.165 e. The first kappa shape index (κ1) is 13.3. The molecule has 0 saturated carbocycles. The highest BCUT2D eigenvalue weighted by Gasteiger charge is 2.06. The van der Waals surface area contributed by atoms with Gasteiger partial charge in [-0.2, -0.15) is 10.2 Å². The number of ether oxygens (including phenoxy) is 1. The van der Waals surface area contributed by atoms with Crippen LogP contribution in [0, 0.1) is 0 Å². The fraction of sp³-hybridized carbons (Fsp3) is 0. The Morgan fingerprint density at radius 3 is 1.48 bits per heavy atom. The van der Waals surface area contributed by atoms with Crippen molar-refractivity contribution in [2.45, 2.75) is 0 Å². The zero-order chi connectivity index (χ0) is 15.5. The molecule has 0 aliphatic heterocycles. The van der Waals surface area contributed by atoms with Gasteiger partial charge in [-0.25, -0.2) is 9.36 Å². The standard InChI is InChI=1S/C18H14N4O/c1-3-7-15(8-4-1)21-13-17(11-19-21)23-18-12-20-22(14-18)16-9-5-2-6-10-16/h1-14H. The Morgan fingerprint density at radius 1 is 0.609 bits per heavy atom. The van der Waals surface area contributed by atoms with Crippen LogP contribution < -0.4 is 4.74 Å². The van der Waals surface area contributed by atoms with E-state index in [9.17, 15) is 0 Å². The summed E-state index contributed by atoms with van der Waals surface area (Å²) in [7, 11) is 0. The van der Waals surface area contributed by atoms with Crippen LogP contribution in [-0.2, 0) is 0 Å². The molecule has 0 unspecified atom stereocenters. The molecule has 0 saturated heterocycles. The van der Waals surface area contributed by atoms with Gasteiger partial charge in [0.25, 0.3) is 0 Å². The van der Waals surface area contributed by atoms with Gasteiger partial charge in [-0.05, 0) is 24.3 Å². The molecule has 0 radical (unpaired) electrons. The van der Waals surface area contributed by atoms with E-state index in [1.165, 1.54) is 0 Å². The van der Waals surface area contributed by atoms with Crippen molar-refractivity contribution in [3.63, 3.8) is 0 Å². The molecule has 23 heavy (non-hydrogen) atoms. The van der Waals surface area contributed by atoms with Gasteiger partial charge in [0.1, 0.15) is 0 Å². The number of para-hydroxylation sites is 2. The quantitative estimate of drug-likeness (QED) is 0.575. The van der Waals surface area contributed by atoms with Crippen LogP contribution in [0.5, 0.6) is 11.5 Å². The van der Waals surface area contributed by atoms with Gasteiger partial charge in [-0.3, -0.25) is 0 Å². The van der Waals surface area contributed by atoms with Crippen LogP contribution in [0.15, 0.2) is 85.5 Å². The summed E-state index contributed by atoms with van der Waals surface area (Å²) in [6, 6.07) is 19.8. The molecule has 4 rings (SSSR count). The highest BCUT2D eigenvalue weighted by Crippen LogP contribution is 2.22. The molecule has 2 aromatic carbocycles. The van der Waals surface area contributed by atoms with Crippen molar-refractivity contribution in [1.29, 1.82) is 0 Å². The first-order chi connectivity index (χ1) is 11.4. The summed E-state index contributed by atoms with van der Waals surface area (Å²) < 4.78 is 9.37. The van der Waals surface area contributed by atoms with E-state index in [1.807, 2.05) is 73.1 Å². The summed E-state index contributed by atoms with van der Waals surface area (Å²) in [6.45, 7) is 0. The molecule has 2 aromatic heterocycles. The van der Waals surface area contributed by atoms with E-state index in [0.29, 0.717) is 11.5 Å². The minimum atomic E-state index is 0.668. The van der Waals surface area contributed by atoms with Crippen LogP contribution in [-0.4, -0.2) is 19.6 Å². The number of hydrogen-bond acceptors (Lipinski definition) is 3. The lowest BCUT2D eigenvalue weighted by atomic mass is 10.3. The zero-order valence-corrected chi connectivity index (χ0v) is 12.3. The molecule has 0 amide bonds. The Labute approximate surface area is 133 Å². The maximum atomic E-state index is 5.82. The minimum Gasteiger partial charge on any atom is -0.451 e. The molecular formula is C18H14N4O. The molecule has 0 spiro atoms. The largest absolute Gasteiger partial charge is 0.451 e. The minimum absolute atomic E-state index is 0.668. The molecular weight excluding hydrogens is 288 g/mol. The number of nitrogens with zero attached hydrogens (tertiary/aromatic N) is 4. The highest BCUT2D eigenvalue weighted by atomic mass is 16.5. The Morgan fingerprint density at radius 2 is 1.04 bits per heavy atom. The summed E-state index contributed by atoms with van der Waals surface area (Å²) in [5.74, 6) is 1.34. The molecule has 4 aromatic rings. The van der Waals surface area contributed by atoms with Crippen LogP contribution >= 0.6 is 0 Å². The lowest BCUT2D eigenvalue weighted by molar-refractivity contribution is 0.482. The molecule has 0 N–H and O–H groups in total. The van der Waals surface area contributed by atoms with Crippen LogP contribution in [0.2, 0.25) is 0 Å². The second-order valence-electron chi connectivity index (χ2n) is 5.01. The maximum absolute atomic E-state index is 5.82. The van der Waals surface area contributed by atoms with Gasteiger partial charge in [0.05, 0.1) is 36.2 Å². The summed E-state index contributed by atoms with van der Waals surface area (Å²) in [4.78, 5) is 0. The average molecular weight is 302 g/mol. The molecule has 0 aliphatic carbocycles. The van der Waals surface area contributed by atoms with Crippen LogP contribution in [0.4, 0.5) is 0 Å². The van der Waals surface area contributed by atoms with Crippen molar-refractivity contribution < 1.29 is 4.74 Å². The van der Waals surface area contributed by atoms with E-state index in [-0.39, 0.29) is 0 Å². The molecule has 0 aliphatic rings. The highest BCUT2D eigenvalue weighted by molar-refractivity contribution is 5.35. The smallest absolute Gasteiger partial charge is 0.165 e. The van der Waals surface area contributed by atoms with Gasteiger partial charge in [-0.15, -0.1) is 0 Å². The summed E-state index contributed by atoms with van der Waals surface area (Å²) in [6.07, 6.45) is 7.06. The van der Waals surface area contributed by atoms with Crippen LogP contribution in [0.3, 0.4) is 0 Å². The molecule has 2 heterocycles. The van der Waals surface area contributed by atoms with Crippen molar-refractivity contribution >= 4 is 0 Å². The number of rotatable bonds is 4. The molecule has 112 valence electrons. The fourth-order valence-corrected chi connectivity index (χ4v) is 2.30. The third-order valence-corrected chi connectivity index (χ3v) is 3.39. The SMILES string of the molecule is c1ccc(-n2cc(Oc3cnn(-c4ccccc4)c3)cn2)cc1. The fourth-order valence-electron chi connectivity index (χ4n) is 2.30. The molecule has 5 nitrogen and oxygen atoms in total. The first-order valence-corrected chi connectivity index (χ1v) is 7.26. The van der Waals surface area contributed by atoms with E-state index < -0.39 is 0 Å². The van der Waals surface area contributed by atoms with Gasteiger partial charge >= 0.3 is 0 Å². The van der Waals surface area contributed by atoms with Gasteiger partial charge in [0, 0.05) is 0 Å². The average Bonchev–Trinajstić information content (AvgIpc) is 3.27. The third kappa shape index (κ3) is 2.85. The third-order valence-electron chi connectivity index (χ3n) is 3.39. The van der Waals surface area contributed by atoms with Crippen molar-refractivity contribution in [2.24, 2.45) is 0 Å². The van der Waals surface area contributed by atoms with E-state index in [4.69, 9.17) is 4.74 Å². The monoisotopic (exact) mass is 302 g/mol. The van der Waals surface area contributed by atoms with Gasteiger partial charge in [0.15, 0.2) is 11.5 Å². The summed E-state index contributed by atoms with van der Waals surface area (Å²) in [5, 5.41) is 8.62. The van der Waals surface area contributed by atoms with Gasteiger partial charge < -0.3 is 4.74 Å². The molecule has 0 atom stereocenters. The van der Waals surface area contributed by atoms with E-state index in [1.54, 1.807) is 21.8 Å². The predicted molar refractivity (Wildman–Crippen MR) is 87.2 cm³/mol. The second-order valence-corrected chi connectivity index (χ2v) is 5.01. The van der Waals surface area contributed by atoms with E-state index in [0.717, 1.165) is 11.4 Å². The van der Waals surface area contributed by atoms with E-state index in [2.05, 4.69) is 10.2 Å². The van der Waals surface area contributed by atoms with Crippen LogP contribution in [0.25, 0.3) is 11.4 Å². The number of benzene rings is 2. The first-order valence-electron chi connectivity index (χ1n) is 7.26. The second kappa shape index (κ2) is 5.81. The Kier molecular flexibility index (Phi) is 3.37. The van der Waals surface area contributed by atoms with Gasteiger partial charge in [0.2, 0.25) is 0 Å². The van der Waals surface area contributed by atoms with Crippen molar-refractivity contribution in [2.75, 3.05) is 0 Å². The van der Waals surface area contributed by atoms with Crippen molar-refractivity contribution in [1.82, 2.24) is 19.6 Å². The lowest BCUT2D eigenvalue weighted by Crippen LogP contribution is -1.92. The van der Waals surface area contributed by atoms with E-state index >= 15 is 0 Å². The lowest BCUT2D eigenvalue weighted by Gasteiger charge is -2.00.